The molecule has 1 aliphatic rings. The predicted octanol–water partition coefficient (Wildman–Crippen LogP) is 4.01. The monoisotopic (exact) mass is 465 g/mol. The molecular weight excluding hydrogens is 434 g/mol. The number of rotatable bonds is 5. The molecule has 0 saturated carbocycles. The molecule has 8 heteroatoms. The third-order valence-electron chi connectivity index (χ3n) is 5.88. The molecule has 0 spiro atoms. The first-order chi connectivity index (χ1) is 14.3. The van der Waals surface area contributed by atoms with Gasteiger partial charge in [-0.2, -0.15) is 4.31 Å². The van der Waals surface area contributed by atoms with Gasteiger partial charge in [0, 0.05) is 53.7 Å². The van der Waals surface area contributed by atoms with E-state index in [2.05, 4.69) is 25.3 Å². The minimum absolute atomic E-state index is 0.0743. The van der Waals surface area contributed by atoms with Crippen molar-refractivity contribution in [3.8, 4) is 0 Å². The lowest BCUT2D eigenvalue weighted by Crippen LogP contribution is -2.49. The largest absolute Gasteiger partial charge is 0.343 e. The molecule has 1 aromatic carbocycles. The van der Waals surface area contributed by atoms with Crippen molar-refractivity contribution in [2.75, 3.05) is 32.7 Å². The highest BCUT2D eigenvalue weighted by Crippen LogP contribution is 2.26. The van der Waals surface area contributed by atoms with Gasteiger partial charge in [-0.05, 0) is 65.3 Å². The normalized spacial score (nSPS) is 16.6. The lowest BCUT2D eigenvalue weighted by molar-refractivity contribution is 0.0901. The van der Waals surface area contributed by atoms with E-state index in [1.807, 2.05) is 31.7 Å². The molecule has 170 valence electrons. The summed E-state index contributed by atoms with van der Waals surface area (Å²) in [6.45, 7) is 14.3. The van der Waals surface area contributed by atoms with Crippen molar-refractivity contribution < 1.29 is 13.2 Å². The third kappa shape index (κ3) is 4.90. The van der Waals surface area contributed by atoms with Crippen molar-refractivity contribution in [2.24, 2.45) is 0 Å². The van der Waals surface area contributed by atoms with Gasteiger partial charge in [0.1, 0.15) is 0 Å². The average Bonchev–Trinajstić information content (AvgIpc) is 2.98. The number of aryl methyl sites for hydroxylation is 2. The zero-order valence-corrected chi connectivity index (χ0v) is 20.8. The number of aromatic nitrogens is 1. The van der Waals surface area contributed by atoms with Crippen molar-refractivity contribution >= 4 is 27.4 Å². The first kappa shape index (κ1) is 24.0. The molecule has 0 N–H and O–H groups in total. The van der Waals surface area contributed by atoms with Gasteiger partial charge >= 0.3 is 0 Å². The number of carbonyl (C=O) groups excluding carboxylic acids is 1. The fourth-order valence-electron chi connectivity index (χ4n) is 4.38. The summed E-state index contributed by atoms with van der Waals surface area (Å²) < 4.78 is 29.6. The van der Waals surface area contributed by atoms with Crippen LogP contribution in [0.1, 0.15) is 48.1 Å². The van der Waals surface area contributed by atoms with E-state index in [1.54, 1.807) is 12.1 Å². The number of sulfonamides is 1. The van der Waals surface area contributed by atoms with E-state index in [9.17, 15) is 13.2 Å². The van der Waals surface area contributed by atoms with Crippen LogP contribution in [0.4, 0.5) is 0 Å². The van der Waals surface area contributed by atoms with Crippen LogP contribution in [0, 0.1) is 20.8 Å². The van der Waals surface area contributed by atoms with Crippen LogP contribution >= 0.6 is 11.6 Å². The molecule has 31 heavy (non-hydrogen) atoms. The Morgan fingerprint density at radius 3 is 2.16 bits per heavy atom. The Balaban J connectivity index is 1.67. The van der Waals surface area contributed by atoms with Gasteiger partial charge in [-0.3, -0.25) is 9.69 Å². The quantitative estimate of drug-likeness (QED) is 0.626. The molecule has 6 nitrogen and oxygen atoms in total. The fraction of sp³-hybridized carbons (Fsp3) is 0.522. The van der Waals surface area contributed by atoms with Crippen molar-refractivity contribution in [3.63, 3.8) is 0 Å². The number of benzene rings is 1. The summed E-state index contributed by atoms with van der Waals surface area (Å²) in [5.41, 5.74) is 3.55. The van der Waals surface area contributed by atoms with Crippen LogP contribution in [-0.2, 0) is 15.6 Å². The summed E-state index contributed by atoms with van der Waals surface area (Å²) in [6, 6.07) is 6.79. The minimum Gasteiger partial charge on any atom is -0.343 e. The summed E-state index contributed by atoms with van der Waals surface area (Å²) in [7, 11) is -3.60. The van der Waals surface area contributed by atoms with Gasteiger partial charge in [0.2, 0.25) is 10.0 Å². The average molecular weight is 466 g/mol. The van der Waals surface area contributed by atoms with E-state index >= 15 is 0 Å². The summed E-state index contributed by atoms with van der Waals surface area (Å²) in [4.78, 5) is 15.2. The van der Waals surface area contributed by atoms with E-state index in [4.69, 9.17) is 11.6 Å². The van der Waals surface area contributed by atoms with Gasteiger partial charge in [-0.25, -0.2) is 8.42 Å². The molecule has 2 aromatic rings. The second-order valence-corrected chi connectivity index (χ2v) is 11.7. The molecule has 3 rings (SSSR count). The molecule has 1 saturated heterocycles. The minimum atomic E-state index is -3.60. The van der Waals surface area contributed by atoms with Crippen LogP contribution in [-0.4, -0.2) is 60.7 Å². The van der Waals surface area contributed by atoms with E-state index < -0.39 is 10.0 Å². The number of carbonyl (C=O) groups is 1. The number of ketones is 1. The number of halogens is 1. The smallest absolute Gasteiger partial charge is 0.243 e. The van der Waals surface area contributed by atoms with Crippen LogP contribution < -0.4 is 0 Å². The number of hydrogen-bond acceptors (Lipinski definition) is 4. The number of piperazine rings is 1. The predicted molar refractivity (Wildman–Crippen MR) is 125 cm³/mol. The van der Waals surface area contributed by atoms with Crippen LogP contribution in [0.5, 0.6) is 0 Å². The maximum atomic E-state index is 13.0. The Kier molecular flexibility index (Phi) is 6.73. The van der Waals surface area contributed by atoms with Crippen LogP contribution in [0.3, 0.4) is 0 Å². The lowest BCUT2D eigenvalue weighted by atomic mass is 10.1. The number of hydrogen-bond donors (Lipinski definition) is 0. The van der Waals surface area contributed by atoms with Crippen LogP contribution in [0.15, 0.2) is 29.2 Å². The molecule has 1 aromatic heterocycles. The molecule has 0 unspecified atom stereocenters. The summed E-state index contributed by atoms with van der Waals surface area (Å²) in [6.07, 6.45) is 0. The van der Waals surface area contributed by atoms with E-state index in [0.29, 0.717) is 37.7 Å². The van der Waals surface area contributed by atoms with Crippen molar-refractivity contribution in [1.29, 1.82) is 0 Å². The van der Waals surface area contributed by atoms with E-state index in [0.717, 1.165) is 22.5 Å². The maximum absolute atomic E-state index is 13.0. The highest BCUT2D eigenvalue weighted by Gasteiger charge is 2.30. The Hall–Kier alpha value is -1.67. The number of Topliss-reactive ketones (excluding diaryl/α,β-unsaturated/α-hetero) is 1. The zero-order valence-electron chi connectivity index (χ0n) is 19.2. The van der Waals surface area contributed by atoms with E-state index in [-0.39, 0.29) is 16.2 Å². The highest BCUT2D eigenvalue weighted by atomic mass is 35.5. The van der Waals surface area contributed by atoms with Gasteiger partial charge in [-0.15, -0.1) is 0 Å². The topological polar surface area (TPSA) is 62.6 Å². The van der Waals surface area contributed by atoms with Crippen molar-refractivity contribution in [1.82, 2.24) is 13.8 Å². The molecule has 1 fully saturated rings. The molecule has 2 heterocycles. The second kappa shape index (κ2) is 8.70. The zero-order chi connectivity index (χ0) is 23.1. The Labute approximate surface area is 190 Å². The fourth-order valence-corrected chi connectivity index (χ4v) is 6.07. The summed E-state index contributed by atoms with van der Waals surface area (Å²) in [5.74, 6) is 0.0743. The molecule has 0 atom stereocenters. The van der Waals surface area contributed by atoms with Crippen molar-refractivity contribution in [2.45, 2.75) is 52.0 Å². The van der Waals surface area contributed by atoms with Gasteiger partial charge in [-0.1, -0.05) is 17.7 Å². The summed E-state index contributed by atoms with van der Waals surface area (Å²) >= 11 is 6.12. The van der Waals surface area contributed by atoms with Gasteiger partial charge in [0.25, 0.3) is 0 Å². The molecular formula is C23H32ClN3O3S. The van der Waals surface area contributed by atoms with Gasteiger partial charge in [0.15, 0.2) is 5.78 Å². The Morgan fingerprint density at radius 1 is 1.03 bits per heavy atom. The molecule has 0 radical (unpaired) electrons. The lowest BCUT2D eigenvalue weighted by Gasteiger charge is -2.33. The van der Waals surface area contributed by atoms with Crippen molar-refractivity contribution in [3.05, 3.63) is 51.8 Å². The van der Waals surface area contributed by atoms with Crippen LogP contribution in [0.2, 0.25) is 5.02 Å². The van der Waals surface area contributed by atoms with Gasteiger partial charge < -0.3 is 4.57 Å². The first-order valence-electron chi connectivity index (χ1n) is 10.5. The summed E-state index contributed by atoms with van der Waals surface area (Å²) in [5, 5.41) is 0.443. The number of nitrogens with zero attached hydrogens (tertiary/aromatic N) is 3. The standard InChI is InChI=1S/C23H32ClN3O3S/c1-16-7-8-19(14-21(16)24)31(29,30)26-11-9-25(10-12-26)15-22(28)20-13-17(2)27(18(20)3)23(4,5)6/h7-8,13-14H,9-12,15H2,1-6H3. The second-order valence-electron chi connectivity index (χ2n) is 9.31. The van der Waals surface area contributed by atoms with Crippen LogP contribution in [0.25, 0.3) is 0 Å². The van der Waals surface area contributed by atoms with Gasteiger partial charge in [0.05, 0.1) is 11.4 Å². The van der Waals surface area contributed by atoms with E-state index in [1.165, 1.54) is 10.4 Å². The molecule has 0 bridgehead atoms. The molecule has 0 amide bonds. The highest BCUT2D eigenvalue weighted by molar-refractivity contribution is 7.89. The Morgan fingerprint density at radius 2 is 1.65 bits per heavy atom. The Bertz CT molecular complexity index is 1090. The SMILES string of the molecule is Cc1ccc(S(=O)(=O)N2CCN(CC(=O)c3cc(C)n(C(C)(C)C)c3C)CC2)cc1Cl. The molecule has 1 aliphatic heterocycles. The maximum Gasteiger partial charge on any atom is 0.243 e. The molecule has 0 aliphatic carbocycles. The third-order valence-corrected chi connectivity index (χ3v) is 8.18. The first-order valence-corrected chi connectivity index (χ1v) is 12.4.